The number of benzene rings is 1. The largest absolute Gasteiger partial charge is 0.450 e. The van der Waals surface area contributed by atoms with E-state index in [1.165, 1.54) is 19.1 Å². The van der Waals surface area contributed by atoms with Gasteiger partial charge in [-0.1, -0.05) is 37.6 Å². The molecule has 1 atom stereocenters. The first kappa shape index (κ1) is 22.4. The van der Waals surface area contributed by atoms with E-state index < -0.39 is 12.1 Å². The summed E-state index contributed by atoms with van der Waals surface area (Å²) in [5.41, 5.74) is 3.00. The van der Waals surface area contributed by atoms with Crippen LogP contribution in [0.15, 0.2) is 35.9 Å². The number of carbonyl (C=O) groups excluding carboxylic acids is 2. The molecule has 29 heavy (non-hydrogen) atoms. The van der Waals surface area contributed by atoms with Crippen LogP contribution in [0, 0.1) is 31.1 Å². The predicted octanol–water partition coefficient (Wildman–Crippen LogP) is 5.14. The van der Waals surface area contributed by atoms with Crippen LogP contribution in [0.25, 0.3) is 6.08 Å². The second kappa shape index (κ2) is 9.58. The average molecular weight is 413 g/mol. The van der Waals surface area contributed by atoms with Crippen LogP contribution < -0.4 is 0 Å². The monoisotopic (exact) mass is 412 g/mol. The van der Waals surface area contributed by atoms with E-state index >= 15 is 0 Å². The Hall–Kier alpha value is -2.84. The van der Waals surface area contributed by atoms with Crippen molar-refractivity contribution in [1.82, 2.24) is 4.57 Å². The van der Waals surface area contributed by atoms with Crippen molar-refractivity contribution in [2.75, 3.05) is 0 Å². The summed E-state index contributed by atoms with van der Waals surface area (Å²) >= 11 is 5.91. The highest BCUT2D eigenvalue weighted by atomic mass is 35.5. The van der Waals surface area contributed by atoms with Crippen LogP contribution in [0.5, 0.6) is 0 Å². The first-order valence-electron chi connectivity index (χ1n) is 9.43. The van der Waals surface area contributed by atoms with Crippen molar-refractivity contribution in [3.63, 3.8) is 0 Å². The minimum atomic E-state index is -1.04. The Morgan fingerprint density at radius 1 is 1.24 bits per heavy atom. The van der Waals surface area contributed by atoms with Gasteiger partial charge in [0.1, 0.15) is 11.6 Å². The lowest BCUT2D eigenvalue weighted by Crippen LogP contribution is -2.25. The third kappa shape index (κ3) is 5.58. The molecule has 1 aromatic heterocycles. The van der Waals surface area contributed by atoms with Crippen molar-refractivity contribution < 1.29 is 14.3 Å². The summed E-state index contributed by atoms with van der Waals surface area (Å²) in [6, 6.07) is 10.2. The van der Waals surface area contributed by atoms with Gasteiger partial charge in [0, 0.05) is 28.5 Å². The maximum absolute atomic E-state index is 12.5. The third-order valence-corrected chi connectivity index (χ3v) is 4.80. The first-order chi connectivity index (χ1) is 13.6. The summed E-state index contributed by atoms with van der Waals surface area (Å²) in [4.78, 5) is 24.9. The first-order valence-corrected chi connectivity index (χ1v) is 9.81. The number of hydrogen-bond acceptors (Lipinski definition) is 4. The number of nitrogens with zero attached hydrogens (tertiary/aromatic N) is 2. The number of aromatic nitrogens is 1. The van der Waals surface area contributed by atoms with Crippen LogP contribution in [0.3, 0.4) is 0 Å². The van der Waals surface area contributed by atoms with Crippen molar-refractivity contribution in [3.05, 3.63) is 63.4 Å². The summed E-state index contributed by atoms with van der Waals surface area (Å²) in [5, 5.41) is 9.87. The van der Waals surface area contributed by atoms with Crippen LogP contribution in [-0.2, 0) is 16.1 Å². The minimum Gasteiger partial charge on any atom is -0.450 e. The maximum atomic E-state index is 12.5. The zero-order valence-corrected chi connectivity index (χ0v) is 18.1. The topological polar surface area (TPSA) is 72.1 Å². The molecule has 0 saturated carbocycles. The number of rotatable bonds is 7. The van der Waals surface area contributed by atoms with Crippen LogP contribution in [-0.4, -0.2) is 22.4 Å². The number of aryl methyl sites for hydroxylation is 1. The number of Topliss-reactive ketones (excluding diaryl/α,β-unsaturated/α-hetero) is 1. The van der Waals surface area contributed by atoms with Crippen LogP contribution in [0.2, 0.25) is 5.02 Å². The van der Waals surface area contributed by atoms with E-state index in [2.05, 4.69) is 18.4 Å². The number of hydrogen-bond donors (Lipinski definition) is 0. The highest BCUT2D eigenvalue weighted by molar-refractivity contribution is 6.31. The summed E-state index contributed by atoms with van der Waals surface area (Å²) in [7, 11) is 0. The zero-order chi connectivity index (χ0) is 21.7. The van der Waals surface area contributed by atoms with Crippen LogP contribution in [0.1, 0.15) is 48.1 Å². The molecular formula is C23H25ClN2O3. The molecular weight excluding hydrogens is 388 g/mol. The molecule has 2 rings (SSSR count). The molecule has 0 amide bonds. The number of halogens is 1. The van der Waals surface area contributed by atoms with Crippen LogP contribution >= 0.6 is 11.6 Å². The molecule has 1 heterocycles. The molecule has 0 aliphatic rings. The number of esters is 1. The van der Waals surface area contributed by atoms with Gasteiger partial charge < -0.3 is 9.30 Å². The van der Waals surface area contributed by atoms with Gasteiger partial charge in [0.15, 0.2) is 6.10 Å². The van der Waals surface area contributed by atoms with E-state index in [1.807, 2.05) is 26.0 Å². The zero-order valence-electron chi connectivity index (χ0n) is 17.3. The third-order valence-electron chi connectivity index (χ3n) is 4.56. The van der Waals surface area contributed by atoms with Crippen molar-refractivity contribution in [2.45, 2.75) is 47.3 Å². The van der Waals surface area contributed by atoms with Crippen molar-refractivity contribution in [3.8, 4) is 6.07 Å². The molecule has 152 valence electrons. The normalized spacial score (nSPS) is 12.6. The summed E-state index contributed by atoms with van der Waals surface area (Å²) in [6.45, 7) is 10.5. The molecule has 0 N–H and O–H groups in total. The van der Waals surface area contributed by atoms with E-state index in [9.17, 15) is 14.9 Å². The Kier molecular flexibility index (Phi) is 7.41. The molecule has 2 aromatic rings. The van der Waals surface area contributed by atoms with Gasteiger partial charge in [-0.3, -0.25) is 4.79 Å². The number of ketones is 1. The van der Waals surface area contributed by atoms with Crippen molar-refractivity contribution >= 4 is 29.4 Å². The van der Waals surface area contributed by atoms with Gasteiger partial charge in [-0.05, 0) is 56.5 Å². The molecule has 0 fully saturated rings. The Bertz CT molecular complexity index is 996. The van der Waals surface area contributed by atoms with Crippen LogP contribution in [0.4, 0.5) is 0 Å². The van der Waals surface area contributed by atoms with Gasteiger partial charge in [-0.15, -0.1) is 0 Å². The number of ether oxygens (including phenoxy) is 1. The quantitative estimate of drug-likeness (QED) is 0.273. The fourth-order valence-electron chi connectivity index (χ4n) is 3.07. The van der Waals surface area contributed by atoms with E-state index in [4.69, 9.17) is 16.3 Å². The van der Waals surface area contributed by atoms with Crippen molar-refractivity contribution in [2.24, 2.45) is 5.92 Å². The van der Waals surface area contributed by atoms with Gasteiger partial charge in [0.2, 0.25) is 5.78 Å². The van der Waals surface area contributed by atoms with E-state index in [0.717, 1.165) is 23.5 Å². The Labute approximate surface area is 176 Å². The Morgan fingerprint density at radius 3 is 2.52 bits per heavy atom. The van der Waals surface area contributed by atoms with Gasteiger partial charge >= 0.3 is 5.97 Å². The standard InChI is InChI=1S/C23H25ClN2O3/c1-14(2)13-26-15(3)9-19(16(26)4)10-20(12-25)23(28)29-17(5)22(27)18-7-6-8-21(24)11-18/h6-11,14,17H,13H2,1-5H3/b20-10+. The molecule has 6 heteroatoms. The maximum Gasteiger partial charge on any atom is 0.349 e. The van der Waals surface area contributed by atoms with Gasteiger partial charge in [0.25, 0.3) is 0 Å². The highest BCUT2D eigenvalue weighted by Gasteiger charge is 2.22. The lowest BCUT2D eigenvalue weighted by molar-refractivity contribution is -0.141. The highest BCUT2D eigenvalue weighted by Crippen LogP contribution is 2.21. The summed E-state index contributed by atoms with van der Waals surface area (Å²) in [5.74, 6) is -0.743. The smallest absolute Gasteiger partial charge is 0.349 e. The van der Waals surface area contributed by atoms with Crippen molar-refractivity contribution in [1.29, 1.82) is 5.26 Å². The summed E-state index contributed by atoms with van der Waals surface area (Å²) in [6.07, 6.45) is 0.476. The average Bonchev–Trinajstić information content (AvgIpc) is 2.92. The van der Waals surface area contributed by atoms with Gasteiger partial charge in [-0.25, -0.2) is 4.79 Å². The van der Waals surface area contributed by atoms with Gasteiger partial charge in [-0.2, -0.15) is 5.26 Å². The van der Waals surface area contributed by atoms with E-state index in [1.54, 1.807) is 18.2 Å². The fraction of sp³-hybridized carbons (Fsp3) is 0.348. The van der Waals surface area contributed by atoms with E-state index in [0.29, 0.717) is 16.5 Å². The molecule has 0 saturated heterocycles. The molecule has 0 bridgehead atoms. The molecule has 0 aliphatic heterocycles. The molecule has 0 spiro atoms. The minimum absolute atomic E-state index is 0.152. The molecule has 1 unspecified atom stereocenters. The number of carbonyl (C=O) groups is 2. The fourth-order valence-corrected chi connectivity index (χ4v) is 3.26. The lowest BCUT2D eigenvalue weighted by Gasteiger charge is -2.13. The van der Waals surface area contributed by atoms with E-state index in [-0.39, 0.29) is 11.4 Å². The predicted molar refractivity (Wildman–Crippen MR) is 114 cm³/mol. The summed E-state index contributed by atoms with van der Waals surface area (Å²) < 4.78 is 7.40. The molecule has 0 aliphatic carbocycles. The SMILES string of the molecule is Cc1cc(/C=C(\C#N)C(=O)OC(C)C(=O)c2cccc(Cl)c2)c(C)n1CC(C)C. The molecule has 5 nitrogen and oxygen atoms in total. The second-order valence-corrected chi connectivity index (χ2v) is 7.86. The second-order valence-electron chi connectivity index (χ2n) is 7.42. The Morgan fingerprint density at radius 2 is 1.93 bits per heavy atom. The lowest BCUT2D eigenvalue weighted by atomic mass is 10.1. The van der Waals surface area contributed by atoms with Gasteiger partial charge in [0.05, 0.1) is 0 Å². The number of nitriles is 1. The Balaban J connectivity index is 2.20. The molecule has 1 aromatic carbocycles. The molecule has 0 radical (unpaired) electrons.